The quantitative estimate of drug-likeness (QED) is 0.664. The van der Waals surface area contributed by atoms with Crippen LogP contribution in [-0.4, -0.2) is 24.2 Å². The second kappa shape index (κ2) is 5.19. The number of hydrogen-bond donors (Lipinski definition) is 1. The molecule has 0 saturated heterocycles. The lowest BCUT2D eigenvalue weighted by Gasteiger charge is -2.08. The molecule has 0 saturated carbocycles. The van der Waals surface area contributed by atoms with Crippen molar-refractivity contribution in [3.63, 3.8) is 0 Å². The number of Topliss-reactive ketones (excluding diaryl/α,β-unsaturated/α-hetero) is 1. The van der Waals surface area contributed by atoms with Crippen LogP contribution >= 0.6 is 11.6 Å². The number of rotatable bonds is 3. The smallest absolute Gasteiger partial charge is 0.227 e. The summed E-state index contributed by atoms with van der Waals surface area (Å²) < 4.78 is 5.39. The van der Waals surface area contributed by atoms with Crippen molar-refractivity contribution in [1.29, 1.82) is 0 Å². The summed E-state index contributed by atoms with van der Waals surface area (Å²) in [6.45, 7) is 0.355. The Morgan fingerprint density at radius 1 is 1.47 bits per heavy atom. The van der Waals surface area contributed by atoms with Gasteiger partial charge in [0.25, 0.3) is 0 Å². The number of anilines is 1. The molecule has 1 heterocycles. The van der Waals surface area contributed by atoms with Gasteiger partial charge in [0.1, 0.15) is 5.75 Å². The number of alkyl halides is 1. The first kappa shape index (κ1) is 11.9. The predicted octanol–water partition coefficient (Wildman–Crippen LogP) is 2.22. The second-order valence-corrected chi connectivity index (χ2v) is 4.10. The van der Waals surface area contributed by atoms with E-state index in [1.807, 2.05) is 0 Å². The molecular formula is C12H12ClNO3. The van der Waals surface area contributed by atoms with E-state index in [0.29, 0.717) is 35.9 Å². The van der Waals surface area contributed by atoms with Crippen LogP contribution < -0.4 is 10.1 Å². The Kier molecular flexibility index (Phi) is 3.64. The zero-order valence-electron chi connectivity index (χ0n) is 9.16. The molecule has 1 N–H and O–H groups in total. The van der Waals surface area contributed by atoms with Gasteiger partial charge in [-0.1, -0.05) is 0 Å². The van der Waals surface area contributed by atoms with Crippen molar-refractivity contribution in [3.05, 3.63) is 23.8 Å². The molecule has 0 aromatic heterocycles. The number of benzene rings is 1. The van der Waals surface area contributed by atoms with Crippen LogP contribution in [0.4, 0.5) is 5.69 Å². The largest absolute Gasteiger partial charge is 0.491 e. The zero-order valence-corrected chi connectivity index (χ0v) is 9.92. The molecule has 0 fully saturated rings. The van der Waals surface area contributed by atoms with Gasteiger partial charge in [-0.15, -0.1) is 11.6 Å². The maximum absolute atomic E-state index is 11.7. The zero-order chi connectivity index (χ0) is 12.3. The van der Waals surface area contributed by atoms with Crippen molar-refractivity contribution in [2.45, 2.75) is 12.8 Å². The number of fused-ring (bicyclic) bond motifs is 1. The number of carbonyl (C=O) groups is 2. The molecule has 0 unspecified atom stereocenters. The van der Waals surface area contributed by atoms with Crippen molar-refractivity contribution in [2.24, 2.45) is 0 Å². The van der Waals surface area contributed by atoms with Crippen molar-refractivity contribution in [3.8, 4) is 5.75 Å². The molecule has 17 heavy (non-hydrogen) atoms. The van der Waals surface area contributed by atoms with Crippen LogP contribution in [0.15, 0.2) is 18.2 Å². The Balaban J connectivity index is 2.29. The van der Waals surface area contributed by atoms with Gasteiger partial charge in [0.05, 0.1) is 18.7 Å². The molecule has 0 radical (unpaired) electrons. The summed E-state index contributed by atoms with van der Waals surface area (Å²) in [5.41, 5.74) is 1.09. The number of ketones is 1. The molecule has 0 bridgehead atoms. The molecule has 1 aliphatic rings. The predicted molar refractivity (Wildman–Crippen MR) is 64.9 cm³/mol. The summed E-state index contributed by atoms with van der Waals surface area (Å²) in [6, 6.07) is 5.01. The van der Waals surface area contributed by atoms with Crippen LogP contribution in [0.5, 0.6) is 5.75 Å². The van der Waals surface area contributed by atoms with Crippen LogP contribution in [0.25, 0.3) is 0 Å². The van der Waals surface area contributed by atoms with Crippen molar-refractivity contribution < 1.29 is 14.3 Å². The molecule has 0 spiro atoms. The van der Waals surface area contributed by atoms with E-state index in [1.54, 1.807) is 18.2 Å². The second-order valence-electron chi connectivity index (χ2n) is 3.72. The summed E-state index contributed by atoms with van der Waals surface area (Å²) in [5, 5.41) is 2.71. The van der Waals surface area contributed by atoms with Gasteiger partial charge in [-0.3, -0.25) is 9.59 Å². The lowest BCUT2D eigenvalue weighted by molar-refractivity contribution is -0.116. The average molecular weight is 254 g/mol. The highest BCUT2D eigenvalue weighted by Crippen LogP contribution is 2.28. The molecule has 0 aliphatic carbocycles. The van der Waals surface area contributed by atoms with Gasteiger partial charge in [0, 0.05) is 17.9 Å². The summed E-state index contributed by atoms with van der Waals surface area (Å²) in [5.74, 6) is 0.740. The van der Waals surface area contributed by atoms with Crippen LogP contribution in [0.2, 0.25) is 0 Å². The van der Waals surface area contributed by atoms with Crippen LogP contribution in [-0.2, 0) is 4.79 Å². The number of carbonyl (C=O) groups excluding carboxylic acids is 2. The lowest BCUT2D eigenvalue weighted by atomic mass is 10.1. The first-order chi connectivity index (χ1) is 8.20. The fraction of sp³-hybridized carbons (Fsp3) is 0.333. The van der Waals surface area contributed by atoms with Crippen molar-refractivity contribution >= 4 is 29.0 Å². The van der Waals surface area contributed by atoms with Gasteiger partial charge in [-0.25, -0.2) is 0 Å². The number of amides is 1. The summed E-state index contributed by atoms with van der Waals surface area (Å²) in [4.78, 5) is 23.0. The average Bonchev–Trinajstić information content (AvgIpc) is 2.49. The van der Waals surface area contributed by atoms with Gasteiger partial charge < -0.3 is 10.1 Å². The minimum atomic E-state index is -0.106. The Bertz CT molecular complexity index is 459. The summed E-state index contributed by atoms with van der Waals surface area (Å²) in [6.07, 6.45) is 0.606. The van der Waals surface area contributed by atoms with E-state index in [0.717, 1.165) is 0 Å². The maximum Gasteiger partial charge on any atom is 0.227 e. The Morgan fingerprint density at radius 3 is 3.06 bits per heavy atom. The monoisotopic (exact) mass is 253 g/mol. The van der Waals surface area contributed by atoms with E-state index in [1.165, 1.54) is 0 Å². The molecule has 4 nitrogen and oxygen atoms in total. The van der Waals surface area contributed by atoms with E-state index < -0.39 is 0 Å². The minimum absolute atomic E-state index is 0.0405. The topological polar surface area (TPSA) is 55.4 Å². The van der Waals surface area contributed by atoms with E-state index in [9.17, 15) is 9.59 Å². The minimum Gasteiger partial charge on any atom is -0.491 e. The number of halogens is 1. The molecule has 1 aromatic rings. The van der Waals surface area contributed by atoms with Crippen LogP contribution in [0, 0.1) is 0 Å². The van der Waals surface area contributed by atoms with E-state index in [2.05, 4.69) is 5.32 Å². The Morgan fingerprint density at radius 2 is 2.29 bits per heavy atom. The third kappa shape index (κ3) is 2.77. The molecule has 90 valence electrons. The standard InChI is InChI=1S/C12H12ClNO3/c13-5-3-10(15)8-1-2-11-9(7-8)14-12(16)4-6-17-11/h1-2,7H,3-6H2,(H,14,16). The fourth-order valence-corrected chi connectivity index (χ4v) is 1.80. The normalized spacial score (nSPS) is 14.3. The molecule has 1 amide bonds. The van der Waals surface area contributed by atoms with Crippen molar-refractivity contribution in [1.82, 2.24) is 0 Å². The SMILES string of the molecule is O=C1CCOc2ccc(C(=O)CCCl)cc2N1. The Labute approximate surface area is 104 Å². The van der Waals surface area contributed by atoms with Crippen LogP contribution in [0.3, 0.4) is 0 Å². The van der Waals surface area contributed by atoms with E-state index >= 15 is 0 Å². The van der Waals surface area contributed by atoms with Crippen molar-refractivity contribution in [2.75, 3.05) is 17.8 Å². The molecular weight excluding hydrogens is 242 g/mol. The third-order valence-corrected chi connectivity index (χ3v) is 2.67. The highest BCUT2D eigenvalue weighted by atomic mass is 35.5. The summed E-state index contributed by atoms with van der Waals surface area (Å²) in [7, 11) is 0. The first-order valence-electron chi connectivity index (χ1n) is 5.36. The number of ether oxygens (including phenoxy) is 1. The Hall–Kier alpha value is -1.55. The molecule has 5 heteroatoms. The van der Waals surface area contributed by atoms with Gasteiger partial charge in [0.2, 0.25) is 5.91 Å². The molecule has 2 rings (SSSR count). The van der Waals surface area contributed by atoms with Gasteiger partial charge >= 0.3 is 0 Å². The van der Waals surface area contributed by atoms with E-state index in [4.69, 9.17) is 16.3 Å². The fourth-order valence-electron chi connectivity index (χ4n) is 1.62. The van der Waals surface area contributed by atoms with E-state index in [-0.39, 0.29) is 18.1 Å². The van der Waals surface area contributed by atoms with Gasteiger partial charge in [0.15, 0.2) is 5.78 Å². The number of nitrogens with one attached hydrogen (secondary N) is 1. The van der Waals surface area contributed by atoms with Gasteiger partial charge in [-0.05, 0) is 18.2 Å². The highest BCUT2D eigenvalue weighted by Gasteiger charge is 2.15. The van der Waals surface area contributed by atoms with Gasteiger partial charge in [-0.2, -0.15) is 0 Å². The molecule has 1 aliphatic heterocycles. The summed E-state index contributed by atoms with van der Waals surface area (Å²) >= 11 is 5.52. The molecule has 1 aromatic carbocycles. The lowest BCUT2D eigenvalue weighted by Crippen LogP contribution is -2.11. The first-order valence-corrected chi connectivity index (χ1v) is 5.90. The highest BCUT2D eigenvalue weighted by molar-refractivity contribution is 6.19. The number of hydrogen-bond acceptors (Lipinski definition) is 3. The molecule has 0 atom stereocenters. The van der Waals surface area contributed by atoms with Crippen LogP contribution in [0.1, 0.15) is 23.2 Å². The third-order valence-electron chi connectivity index (χ3n) is 2.48. The maximum atomic E-state index is 11.7.